The molecule has 6 nitrogen and oxygen atoms in total. The number of aromatic nitrogens is 2. The molecule has 1 atom stereocenters. The molecule has 146 valence electrons. The first-order valence-electron chi connectivity index (χ1n) is 9.31. The molecule has 0 fully saturated rings. The smallest absolute Gasteiger partial charge is 0.272 e. The Bertz CT molecular complexity index is 810. The maximum absolute atomic E-state index is 12.7. The predicted molar refractivity (Wildman–Crippen MR) is 106 cm³/mol. The Hall–Kier alpha value is -2.47. The van der Waals surface area contributed by atoms with Crippen molar-refractivity contribution >= 4 is 5.91 Å². The fourth-order valence-electron chi connectivity index (χ4n) is 2.85. The van der Waals surface area contributed by atoms with E-state index in [1.807, 2.05) is 0 Å². The Balaban J connectivity index is 2.21. The maximum atomic E-state index is 12.7. The first kappa shape index (κ1) is 20.8. The SMILES string of the molecule is COCCn1nc(C(=O)NC(c2ccc(C(C)C)cc2)C(C)C)ccc1=O. The van der Waals surface area contributed by atoms with Crippen molar-refractivity contribution in [2.24, 2.45) is 5.92 Å². The molecule has 27 heavy (non-hydrogen) atoms. The van der Waals surface area contributed by atoms with Crippen molar-refractivity contribution in [3.05, 3.63) is 63.6 Å². The number of benzene rings is 1. The first-order valence-corrected chi connectivity index (χ1v) is 9.31. The Labute approximate surface area is 160 Å². The van der Waals surface area contributed by atoms with E-state index < -0.39 is 0 Å². The van der Waals surface area contributed by atoms with Crippen LogP contribution in [0, 0.1) is 5.92 Å². The zero-order valence-electron chi connectivity index (χ0n) is 16.7. The first-order chi connectivity index (χ1) is 12.8. The van der Waals surface area contributed by atoms with Crippen LogP contribution in [0.3, 0.4) is 0 Å². The summed E-state index contributed by atoms with van der Waals surface area (Å²) in [7, 11) is 1.55. The van der Waals surface area contributed by atoms with Crippen LogP contribution in [0.4, 0.5) is 0 Å². The molecule has 0 radical (unpaired) electrons. The lowest BCUT2D eigenvalue weighted by atomic mass is 9.93. The van der Waals surface area contributed by atoms with E-state index in [1.165, 1.54) is 22.4 Å². The van der Waals surface area contributed by atoms with Gasteiger partial charge in [-0.2, -0.15) is 5.10 Å². The minimum Gasteiger partial charge on any atom is -0.383 e. The fourth-order valence-corrected chi connectivity index (χ4v) is 2.85. The number of amides is 1. The number of nitrogens with zero attached hydrogens (tertiary/aromatic N) is 2. The normalized spacial score (nSPS) is 12.4. The average molecular weight is 371 g/mol. The number of hydrogen-bond donors (Lipinski definition) is 1. The Kier molecular flexibility index (Phi) is 7.30. The molecule has 0 aliphatic carbocycles. The van der Waals surface area contributed by atoms with E-state index in [9.17, 15) is 9.59 Å². The number of ether oxygens (including phenoxy) is 1. The second-order valence-corrected chi connectivity index (χ2v) is 7.29. The summed E-state index contributed by atoms with van der Waals surface area (Å²) < 4.78 is 6.23. The van der Waals surface area contributed by atoms with Crippen LogP contribution in [0.1, 0.15) is 61.3 Å². The molecule has 0 aliphatic rings. The molecule has 1 aromatic heterocycles. The van der Waals surface area contributed by atoms with Gasteiger partial charge in [-0.05, 0) is 29.0 Å². The summed E-state index contributed by atoms with van der Waals surface area (Å²) in [6.45, 7) is 9.10. The topological polar surface area (TPSA) is 73.2 Å². The molecule has 0 bridgehead atoms. The van der Waals surface area contributed by atoms with Gasteiger partial charge >= 0.3 is 0 Å². The molecular formula is C21H29N3O3. The highest BCUT2D eigenvalue weighted by atomic mass is 16.5. The summed E-state index contributed by atoms with van der Waals surface area (Å²) in [6.07, 6.45) is 0. The van der Waals surface area contributed by atoms with Gasteiger partial charge in [0.15, 0.2) is 0 Å². The second-order valence-electron chi connectivity index (χ2n) is 7.29. The summed E-state index contributed by atoms with van der Waals surface area (Å²) >= 11 is 0. The van der Waals surface area contributed by atoms with Crippen LogP contribution in [0.25, 0.3) is 0 Å². The van der Waals surface area contributed by atoms with Gasteiger partial charge in [0.25, 0.3) is 11.5 Å². The van der Waals surface area contributed by atoms with Crippen molar-refractivity contribution in [1.29, 1.82) is 0 Å². The van der Waals surface area contributed by atoms with Crippen molar-refractivity contribution in [1.82, 2.24) is 15.1 Å². The highest BCUT2D eigenvalue weighted by molar-refractivity contribution is 5.92. The van der Waals surface area contributed by atoms with Crippen LogP contribution < -0.4 is 10.9 Å². The molecule has 0 saturated heterocycles. The van der Waals surface area contributed by atoms with Gasteiger partial charge in [-0.15, -0.1) is 0 Å². The van der Waals surface area contributed by atoms with E-state index in [0.29, 0.717) is 19.1 Å². The number of methoxy groups -OCH3 is 1. The Morgan fingerprint density at radius 2 is 1.70 bits per heavy atom. The monoisotopic (exact) mass is 371 g/mol. The third kappa shape index (κ3) is 5.50. The van der Waals surface area contributed by atoms with Crippen molar-refractivity contribution in [3.8, 4) is 0 Å². The highest BCUT2D eigenvalue weighted by Gasteiger charge is 2.20. The van der Waals surface area contributed by atoms with Gasteiger partial charge < -0.3 is 10.1 Å². The quantitative estimate of drug-likeness (QED) is 0.774. The molecule has 1 N–H and O–H groups in total. The van der Waals surface area contributed by atoms with Crippen LogP contribution in [0.2, 0.25) is 0 Å². The lowest BCUT2D eigenvalue weighted by molar-refractivity contribution is 0.0916. The summed E-state index contributed by atoms with van der Waals surface area (Å²) in [4.78, 5) is 24.6. The molecule has 1 amide bonds. The molecule has 6 heteroatoms. The zero-order valence-corrected chi connectivity index (χ0v) is 16.7. The zero-order chi connectivity index (χ0) is 20.0. The summed E-state index contributed by atoms with van der Waals surface area (Å²) in [5.41, 5.74) is 2.28. The lowest BCUT2D eigenvalue weighted by Crippen LogP contribution is -2.34. The molecule has 2 aromatic rings. The van der Waals surface area contributed by atoms with Crippen molar-refractivity contribution in [2.45, 2.75) is 46.2 Å². The molecule has 2 rings (SSSR count). The largest absolute Gasteiger partial charge is 0.383 e. The number of nitrogens with one attached hydrogen (secondary N) is 1. The fraction of sp³-hybridized carbons (Fsp3) is 0.476. The third-order valence-corrected chi connectivity index (χ3v) is 4.52. The van der Waals surface area contributed by atoms with Gasteiger partial charge in [0, 0.05) is 13.2 Å². The third-order valence-electron chi connectivity index (χ3n) is 4.52. The van der Waals surface area contributed by atoms with E-state index in [1.54, 1.807) is 7.11 Å². The minimum atomic E-state index is -0.298. The summed E-state index contributed by atoms with van der Waals surface area (Å²) in [6, 6.07) is 11.0. The number of hydrogen-bond acceptors (Lipinski definition) is 4. The van der Waals surface area contributed by atoms with E-state index in [4.69, 9.17) is 4.74 Å². The van der Waals surface area contributed by atoms with E-state index in [0.717, 1.165) is 5.56 Å². The maximum Gasteiger partial charge on any atom is 0.272 e. The van der Waals surface area contributed by atoms with Gasteiger partial charge in [-0.1, -0.05) is 52.0 Å². The molecule has 0 aliphatic heterocycles. The van der Waals surface area contributed by atoms with Crippen LogP contribution in [0.15, 0.2) is 41.2 Å². The van der Waals surface area contributed by atoms with Gasteiger partial charge in [0.05, 0.1) is 19.2 Å². The van der Waals surface area contributed by atoms with E-state index in [-0.39, 0.29) is 29.1 Å². The predicted octanol–water partition coefficient (Wildman–Crippen LogP) is 3.14. The van der Waals surface area contributed by atoms with Crippen molar-refractivity contribution in [2.75, 3.05) is 13.7 Å². The van der Waals surface area contributed by atoms with Gasteiger partial charge in [-0.3, -0.25) is 9.59 Å². The minimum absolute atomic E-state index is 0.139. The molecular weight excluding hydrogens is 342 g/mol. The molecule has 0 spiro atoms. The van der Waals surface area contributed by atoms with Crippen LogP contribution >= 0.6 is 0 Å². The second kappa shape index (κ2) is 9.46. The molecule has 0 saturated carbocycles. The highest BCUT2D eigenvalue weighted by Crippen LogP contribution is 2.24. The van der Waals surface area contributed by atoms with Crippen LogP contribution in [-0.4, -0.2) is 29.4 Å². The lowest BCUT2D eigenvalue weighted by Gasteiger charge is -2.23. The van der Waals surface area contributed by atoms with E-state index >= 15 is 0 Å². The standard InChI is InChI=1S/C21H29N3O3/c1-14(2)16-6-8-17(9-7-16)20(15(3)4)22-21(26)18-10-11-19(25)24(23-18)12-13-27-5/h6-11,14-15,20H,12-13H2,1-5H3,(H,22,26). The van der Waals surface area contributed by atoms with Crippen LogP contribution in [-0.2, 0) is 11.3 Å². The summed E-state index contributed by atoms with van der Waals surface area (Å²) in [5.74, 6) is 0.370. The van der Waals surface area contributed by atoms with Gasteiger partial charge in [-0.25, -0.2) is 4.68 Å². The molecule has 1 heterocycles. The summed E-state index contributed by atoms with van der Waals surface area (Å²) in [5, 5.41) is 7.22. The van der Waals surface area contributed by atoms with E-state index in [2.05, 4.69) is 62.4 Å². The van der Waals surface area contributed by atoms with Crippen molar-refractivity contribution in [3.63, 3.8) is 0 Å². The number of rotatable bonds is 8. The van der Waals surface area contributed by atoms with Crippen molar-refractivity contribution < 1.29 is 9.53 Å². The van der Waals surface area contributed by atoms with Crippen LogP contribution in [0.5, 0.6) is 0 Å². The Morgan fingerprint density at radius 3 is 2.26 bits per heavy atom. The average Bonchev–Trinajstić information content (AvgIpc) is 2.65. The van der Waals surface area contributed by atoms with Gasteiger partial charge in [0.2, 0.25) is 0 Å². The Morgan fingerprint density at radius 1 is 1.07 bits per heavy atom. The number of carbonyl (C=O) groups is 1. The molecule has 1 unspecified atom stereocenters. The molecule has 1 aromatic carbocycles. The number of carbonyl (C=O) groups excluding carboxylic acids is 1. The van der Waals surface area contributed by atoms with Gasteiger partial charge in [0.1, 0.15) is 5.69 Å².